The Kier molecular flexibility index (Phi) is 7.13. The third-order valence-corrected chi connectivity index (χ3v) is 5.32. The molecule has 0 saturated carbocycles. The van der Waals surface area contributed by atoms with Crippen molar-refractivity contribution in [3.8, 4) is 11.5 Å². The number of hydrogen-bond donors (Lipinski definition) is 1. The molecule has 0 atom stereocenters. The summed E-state index contributed by atoms with van der Waals surface area (Å²) in [7, 11) is 3.18. The predicted octanol–water partition coefficient (Wildman–Crippen LogP) is 3.06. The summed E-state index contributed by atoms with van der Waals surface area (Å²) in [5.74, 6) is 2.31. The molecule has 0 unspecified atom stereocenters. The molecule has 3 aromatic rings. The van der Waals surface area contributed by atoms with Crippen LogP contribution in [0.1, 0.15) is 17.0 Å². The highest BCUT2D eigenvalue weighted by atomic mass is 32.2. The highest BCUT2D eigenvalue weighted by Gasteiger charge is 2.12. The van der Waals surface area contributed by atoms with Gasteiger partial charge in [-0.3, -0.25) is 4.79 Å². The van der Waals surface area contributed by atoms with E-state index in [-0.39, 0.29) is 11.7 Å². The van der Waals surface area contributed by atoms with Gasteiger partial charge < -0.3 is 19.4 Å². The van der Waals surface area contributed by atoms with Crippen molar-refractivity contribution in [3.05, 3.63) is 65.5 Å². The Bertz CT molecular complexity index is 960. The minimum absolute atomic E-state index is 0.0725. The number of nitrogens with one attached hydrogen (secondary N) is 1. The smallest absolute Gasteiger partial charge is 0.230 e. The summed E-state index contributed by atoms with van der Waals surface area (Å²) in [4.78, 5) is 12.3. The average Bonchev–Trinajstić information content (AvgIpc) is 3.10. The van der Waals surface area contributed by atoms with Gasteiger partial charge >= 0.3 is 0 Å². The summed E-state index contributed by atoms with van der Waals surface area (Å²) >= 11 is 1.38. The highest BCUT2D eigenvalue weighted by Crippen LogP contribution is 2.27. The van der Waals surface area contributed by atoms with E-state index in [1.54, 1.807) is 14.2 Å². The van der Waals surface area contributed by atoms with Gasteiger partial charge in [0.2, 0.25) is 5.91 Å². The lowest BCUT2D eigenvalue weighted by Gasteiger charge is -2.11. The number of carbonyl (C=O) groups excluding carboxylic acids is 1. The molecule has 0 aliphatic heterocycles. The molecule has 8 heteroatoms. The molecule has 0 radical (unpaired) electrons. The van der Waals surface area contributed by atoms with Crippen molar-refractivity contribution in [1.29, 1.82) is 0 Å². The Hall–Kier alpha value is -3.00. The summed E-state index contributed by atoms with van der Waals surface area (Å²) < 4.78 is 12.5. The topological polar surface area (TPSA) is 78.3 Å². The van der Waals surface area contributed by atoms with Gasteiger partial charge in [-0.2, -0.15) is 0 Å². The molecule has 29 heavy (non-hydrogen) atoms. The van der Waals surface area contributed by atoms with Gasteiger partial charge in [0.05, 0.1) is 26.5 Å². The molecule has 1 N–H and O–H groups in total. The fraction of sp³-hybridized carbons (Fsp3) is 0.286. The number of thioether (sulfide) groups is 1. The summed E-state index contributed by atoms with van der Waals surface area (Å²) in [5.41, 5.74) is 2.10. The zero-order valence-corrected chi connectivity index (χ0v) is 17.5. The van der Waals surface area contributed by atoms with E-state index in [1.165, 1.54) is 11.8 Å². The molecule has 0 saturated heterocycles. The second kappa shape index (κ2) is 9.97. The van der Waals surface area contributed by atoms with Crippen molar-refractivity contribution in [1.82, 2.24) is 20.1 Å². The van der Waals surface area contributed by atoms with E-state index in [9.17, 15) is 4.79 Å². The van der Waals surface area contributed by atoms with Crippen LogP contribution in [-0.4, -0.2) is 40.6 Å². The fourth-order valence-electron chi connectivity index (χ4n) is 2.79. The molecule has 0 aliphatic rings. The van der Waals surface area contributed by atoms with Gasteiger partial charge in [0.15, 0.2) is 16.7 Å². The van der Waals surface area contributed by atoms with E-state index in [2.05, 4.69) is 27.6 Å². The van der Waals surface area contributed by atoms with E-state index in [1.807, 2.05) is 47.9 Å². The Labute approximate surface area is 174 Å². The summed E-state index contributed by atoms with van der Waals surface area (Å²) in [6.45, 7) is 3.00. The molecule has 3 rings (SSSR count). The van der Waals surface area contributed by atoms with Gasteiger partial charge in [-0.15, -0.1) is 10.2 Å². The zero-order valence-electron chi connectivity index (χ0n) is 16.7. The molecule has 152 valence electrons. The number of aromatic nitrogens is 3. The van der Waals surface area contributed by atoms with Crippen molar-refractivity contribution in [2.45, 2.75) is 25.2 Å². The maximum atomic E-state index is 12.3. The van der Waals surface area contributed by atoms with Gasteiger partial charge in [0, 0.05) is 6.54 Å². The Morgan fingerprint density at radius 3 is 2.52 bits per heavy atom. The van der Waals surface area contributed by atoms with Gasteiger partial charge in [-0.1, -0.05) is 48.2 Å². The van der Waals surface area contributed by atoms with Gasteiger partial charge in [-0.25, -0.2) is 0 Å². The molecule has 1 heterocycles. The lowest BCUT2D eigenvalue weighted by atomic mass is 10.2. The Morgan fingerprint density at radius 1 is 1.03 bits per heavy atom. The van der Waals surface area contributed by atoms with Gasteiger partial charge in [0.25, 0.3) is 0 Å². The molecule has 2 aromatic carbocycles. The SMILES string of the molecule is COc1ccc(CNC(=O)CSc2nnc(C)n2Cc2ccccc2)cc1OC. The van der Waals surface area contributed by atoms with E-state index in [0.717, 1.165) is 22.1 Å². The van der Waals surface area contributed by atoms with Crippen molar-refractivity contribution < 1.29 is 14.3 Å². The minimum atomic E-state index is -0.0725. The molecule has 1 amide bonds. The first kappa shape index (κ1) is 20.7. The number of nitrogens with zero attached hydrogens (tertiary/aromatic N) is 3. The number of aryl methyl sites for hydroxylation is 1. The van der Waals surface area contributed by atoms with Crippen LogP contribution in [0, 0.1) is 6.92 Å². The van der Waals surface area contributed by atoms with E-state index in [4.69, 9.17) is 9.47 Å². The first-order chi connectivity index (χ1) is 14.1. The summed E-state index contributed by atoms with van der Waals surface area (Å²) in [6, 6.07) is 15.7. The van der Waals surface area contributed by atoms with Crippen LogP contribution in [0.25, 0.3) is 0 Å². The van der Waals surface area contributed by atoms with Crippen LogP contribution in [0.4, 0.5) is 0 Å². The van der Waals surface area contributed by atoms with E-state index < -0.39 is 0 Å². The number of amides is 1. The Balaban J connectivity index is 1.55. The van der Waals surface area contributed by atoms with Crippen molar-refractivity contribution in [2.24, 2.45) is 0 Å². The molecular weight excluding hydrogens is 388 g/mol. The molecule has 0 fully saturated rings. The van der Waals surface area contributed by atoms with Crippen LogP contribution in [0.3, 0.4) is 0 Å². The molecule has 0 spiro atoms. The third-order valence-electron chi connectivity index (χ3n) is 4.36. The highest BCUT2D eigenvalue weighted by molar-refractivity contribution is 7.99. The van der Waals surface area contributed by atoms with Crippen LogP contribution < -0.4 is 14.8 Å². The number of hydrogen-bond acceptors (Lipinski definition) is 6. The minimum Gasteiger partial charge on any atom is -0.493 e. The van der Waals surface area contributed by atoms with Crippen LogP contribution in [-0.2, 0) is 17.9 Å². The normalized spacial score (nSPS) is 10.6. The number of carbonyl (C=O) groups is 1. The zero-order chi connectivity index (χ0) is 20.6. The number of methoxy groups -OCH3 is 2. The first-order valence-electron chi connectivity index (χ1n) is 9.15. The second-order valence-electron chi connectivity index (χ2n) is 6.36. The van der Waals surface area contributed by atoms with Gasteiger partial charge in [0.1, 0.15) is 5.82 Å². The lowest BCUT2D eigenvalue weighted by molar-refractivity contribution is -0.118. The number of rotatable bonds is 9. The predicted molar refractivity (Wildman–Crippen MR) is 112 cm³/mol. The van der Waals surface area contributed by atoms with Crippen LogP contribution in [0.2, 0.25) is 0 Å². The van der Waals surface area contributed by atoms with E-state index in [0.29, 0.717) is 24.6 Å². The lowest BCUT2D eigenvalue weighted by Crippen LogP contribution is -2.24. The van der Waals surface area contributed by atoms with E-state index >= 15 is 0 Å². The van der Waals surface area contributed by atoms with Crippen LogP contribution in [0.5, 0.6) is 11.5 Å². The van der Waals surface area contributed by atoms with Gasteiger partial charge in [-0.05, 0) is 30.2 Å². The molecular formula is C21H24N4O3S. The number of benzene rings is 2. The maximum Gasteiger partial charge on any atom is 0.230 e. The van der Waals surface area contributed by atoms with Crippen molar-refractivity contribution >= 4 is 17.7 Å². The largest absolute Gasteiger partial charge is 0.493 e. The van der Waals surface area contributed by atoms with Crippen LogP contribution in [0.15, 0.2) is 53.7 Å². The number of ether oxygens (including phenoxy) is 2. The third kappa shape index (κ3) is 5.51. The monoisotopic (exact) mass is 412 g/mol. The maximum absolute atomic E-state index is 12.3. The molecule has 7 nitrogen and oxygen atoms in total. The summed E-state index contributed by atoms with van der Waals surface area (Å²) in [6.07, 6.45) is 0. The first-order valence-corrected chi connectivity index (χ1v) is 10.1. The second-order valence-corrected chi connectivity index (χ2v) is 7.30. The molecule has 0 aliphatic carbocycles. The average molecular weight is 413 g/mol. The van der Waals surface area contributed by atoms with Crippen molar-refractivity contribution in [3.63, 3.8) is 0 Å². The van der Waals surface area contributed by atoms with Crippen LogP contribution >= 0.6 is 11.8 Å². The standard InChI is InChI=1S/C21H24N4O3S/c1-15-23-24-21(25(15)13-16-7-5-4-6-8-16)29-14-20(26)22-12-17-9-10-18(27-2)19(11-17)28-3/h4-11H,12-14H2,1-3H3,(H,22,26). The Morgan fingerprint density at radius 2 is 1.79 bits per heavy atom. The summed E-state index contributed by atoms with van der Waals surface area (Å²) in [5, 5.41) is 12.0. The molecule has 1 aromatic heterocycles. The van der Waals surface area contributed by atoms with Crippen molar-refractivity contribution in [2.75, 3.05) is 20.0 Å². The molecule has 0 bridgehead atoms. The quantitative estimate of drug-likeness (QED) is 0.544. The fourth-order valence-corrected chi connectivity index (χ4v) is 3.60.